The van der Waals surface area contributed by atoms with Gasteiger partial charge in [0.2, 0.25) is 5.91 Å². The third-order valence-electron chi connectivity index (χ3n) is 4.85. The number of aryl methyl sites for hydroxylation is 1. The number of carbonyl (C=O) groups excluding carboxylic acids is 1. The summed E-state index contributed by atoms with van der Waals surface area (Å²) >= 11 is 1.44. The first-order chi connectivity index (χ1) is 13.1. The highest BCUT2D eigenvalue weighted by atomic mass is 32.1. The highest BCUT2D eigenvalue weighted by molar-refractivity contribution is 7.15. The SMILES string of the molecule is C[C@@H]1C[C@H]1c1ccc(CCC(=O)Nc2ncc(Cc3ccc(F)cc3)s2)o1. The van der Waals surface area contributed by atoms with Gasteiger partial charge in [-0.1, -0.05) is 19.1 Å². The largest absolute Gasteiger partial charge is 0.466 e. The quantitative estimate of drug-likeness (QED) is 0.612. The van der Waals surface area contributed by atoms with Gasteiger partial charge in [0.1, 0.15) is 17.3 Å². The molecule has 27 heavy (non-hydrogen) atoms. The van der Waals surface area contributed by atoms with Gasteiger partial charge >= 0.3 is 0 Å². The Balaban J connectivity index is 1.26. The maximum Gasteiger partial charge on any atom is 0.226 e. The predicted molar refractivity (Wildman–Crippen MR) is 104 cm³/mol. The van der Waals surface area contributed by atoms with Gasteiger partial charge in [-0.3, -0.25) is 4.79 Å². The number of furan rings is 1. The molecular formula is C21H21FN2O2S. The summed E-state index contributed by atoms with van der Waals surface area (Å²) in [5.74, 6) is 2.85. The van der Waals surface area contributed by atoms with Crippen molar-refractivity contribution >= 4 is 22.4 Å². The van der Waals surface area contributed by atoms with E-state index in [1.54, 1.807) is 18.3 Å². The van der Waals surface area contributed by atoms with Crippen molar-refractivity contribution in [3.8, 4) is 0 Å². The Bertz CT molecular complexity index is 932. The van der Waals surface area contributed by atoms with E-state index in [-0.39, 0.29) is 11.7 Å². The lowest BCUT2D eigenvalue weighted by molar-refractivity contribution is -0.116. The van der Waals surface area contributed by atoms with Crippen molar-refractivity contribution in [2.75, 3.05) is 5.32 Å². The third-order valence-corrected chi connectivity index (χ3v) is 5.76. The van der Waals surface area contributed by atoms with Crippen LogP contribution in [0.15, 0.2) is 47.0 Å². The summed E-state index contributed by atoms with van der Waals surface area (Å²) in [5.41, 5.74) is 1.01. The molecule has 2 heterocycles. The molecule has 1 aromatic carbocycles. The number of anilines is 1. The summed E-state index contributed by atoms with van der Waals surface area (Å²) in [4.78, 5) is 17.4. The van der Waals surface area contributed by atoms with Gasteiger partial charge in [-0.15, -0.1) is 11.3 Å². The van der Waals surface area contributed by atoms with Gasteiger partial charge in [0, 0.05) is 36.3 Å². The van der Waals surface area contributed by atoms with Crippen molar-refractivity contribution in [1.82, 2.24) is 4.98 Å². The first-order valence-electron chi connectivity index (χ1n) is 9.14. The number of carbonyl (C=O) groups is 1. The van der Waals surface area contributed by atoms with Crippen LogP contribution in [0.4, 0.5) is 9.52 Å². The van der Waals surface area contributed by atoms with Crippen LogP contribution in [0.3, 0.4) is 0 Å². The molecule has 0 unspecified atom stereocenters. The van der Waals surface area contributed by atoms with E-state index in [9.17, 15) is 9.18 Å². The molecule has 6 heteroatoms. The molecule has 1 aliphatic carbocycles. The summed E-state index contributed by atoms with van der Waals surface area (Å²) in [6.07, 6.45) is 4.56. The molecule has 1 amide bonds. The van der Waals surface area contributed by atoms with Crippen molar-refractivity contribution in [3.63, 3.8) is 0 Å². The lowest BCUT2D eigenvalue weighted by Crippen LogP contribution is -2.11. The molecule has 140 valence electrons. The van der Waals surface area contributed by atoms with Crippen LogP contribution >= 0.6 is 11.3 Å². The topological polar surface area (TPSA) is 55.1 Å². The van der Waals surface area contributed by atoms with Crippen LogP contribution in [-0.2, 0) is 17.6 Å². The molecule has 4 nitrogen and oxygen atoms in total. The summed E-state index contributed by atoms with van der Waals surface area (Å²) in [5, 5.41) is 3.43. The first-order valence-corrected chi connectivity index (χ1v) is 9.96. The minimum Gasteiger partial charge on any atom is -0.466 e. The van der Waals surface area contributed by atoms with Crippen molar-refractivity contribution in [2.45, 2.75) is 38.5 Å². The molecule has 1 aliphatic rings. The molecule has 3 aromatic rings. The van der Waals surface area contributed by atoms with Gasteiger partial charge in [0.25, 0.3) is 0 Å². The fourth-order valence-corrected chi connectivity index (χ4v) is 3.98. The van der Waals surface area contributed by atoms with E-state index >= 15 is 0 Å². The Labute approximate surface area is 161 Å². The van der Waals surface area contributed by atoms with E-state index in [2.05, 4.69) is 17.2 Å². The first kappa shape index (κ1) is 17.9. The lowest BCUT2D eigenvalue weighted by atomic mass is 10.1. The van der Waals surface area contributed by atoms with Gasteiger partial charge in [0.15, 0.2) is 5.13 Å². The number of nitrogens with zero attached hydrogens (tertiary/aromatic N) is 1. The van der Waals surface area contributed by atoms with Crippen LogP contribution in [0, 0.1) is 11.7 Å². The van der Waals surface area contributed by atoms with Crippen molar-refractivity contribution < 1.29 is 13.6 Å². The van der Waals surface area contributed by atoms with E-state index < -0.39 is 0 Å². The summed E-state index contributed by atoms with van der Waals surface area (Å²) < 4.78 is 18.8. The number of halogens is 1. The van der Waals surface area contributed by atoms with Crippen molar-refractivity contribution in [3.05, 3.63) is 70.4 Å². The Hall–Kier alpha value is -2.47. The zero-order chi connectivity index (χ0) is 18.8. The van der Waals surface area contributed by atoms with E-state index in [0.717, 1.165) is 22.0 Å². The molecule has 0 spiro atoms. The predicted octanol–water partition coefficient (Wildman–Crippen LogP) is 5.16. The van der Waals surface area contributed by atoms with Crippen LogP contribution in [0.1, 0.15) is 47.6 Å². The number of hydrogen-bond donors (Lipinski definition) is 1. The molecule has 0 saturated heterocycles. The monoisotopic (exact) mass is 384 g/mol. The van der Waals surface area contributed by atoms with Crippen molar-refractivity contribution in [2.24, 2.45) is 5.92 Å². The fraction of sp³-hybridized carbons (Fsp3) is 0.333. The van der Waals surface area contributed by atoms with Gasteiger partial charge in [-0.25, -0.2) is 9.37 Å². The fourth-order valence-electron chi connectivity index (χ4n) is 3.12. The lowest BCUT2D eigenvalue weighted by Gasteiger charge is -2.00. The Morgan fingerprint density at radius 3 is 2.81 bits per heavy atom. The summed E-state index contributed by atoms with van der Waals surface area (Å²) in [6.45, 7) is 2.22. The molecule has 1 N–H and O–H groups in total. The summed E-state index contributed by atoms with van der Waals surface area (Å²) in [6, 6.07) is 10.4. The van der Waals surface area contributed by atoms with E-state index in [1.165, 1.54) is 29.9 Å². The Kier molecular flexibility index (Phi) is 5.07. The van der Waals surface area contributed by atoms with Crippen LogP contribution in [-0.4, -0.2) is 10.9 Å². The second-order valence-electron chi connectivity index (χ2n) is 7.11. The van der Waals surface area contributed by atoms with Crippen LogP contribution < -0.4 is 5.32 Å². The standard InChI is InChI=1S/C21H21FN2O2S/c1-13-10-18(13)19-8-6-16(26-19)7-9-20(25)24-21-23-12-17(27-21)11-14-2-4-15(22)5-3-14/h2-6,8,12-13,18H,7,9-11H2,1H3,(H,23,24,25)/t13-,18-/m1/s1. The maximum absolute atomic E-state index is 13.0. The van der Waals surface area contributed by atoms with E-state index in [1.807, 2.05) is 12.1 Å². The molecule has 1 saturated carbocycles. The Morgan fingerprint density at radius 2 is 2.07 bits per heavy atom. The van der Waals surface area contributed by atoms with E-state index in [4.69, 9.17) is 4.42 Å². The summed E-state index contributed by atoms with van der Waals surface area (Å²) in [7, 11) is 0. The minimum absolute atomic E-state index is 0.0737. The zero-order valence-electron chi connectivity index (χ0n) is 15.1. The Morgan fingerprint density at radius 1 is 1.30 bits per heavy atom. The molecule has 0 radical (unpaired) electrons. The van der Waals surface area contributed by atoms with Gasteiger partial charge in [-0.2, -0.15) is 0 Å². The number of hydrogen-bond acceptors (Lipinski definition) is 4. The smallest absolute Gasteiger partial charge is 0.226 e. The molecular weight excluding hydrogens is 363 g/mol. The van der Waals surface area contributed by atoms with Crippen LogP contribution in [0.25, 0.3) is 0 Å². The zero-order valence-corrected chi connectivity index (χ0v) is 15.9. The second-order valence-corrected chi connectivity index (χ2v) is 8.22. The van der Waals surface area contributed by atoms with Gasteiger partial charge < -0.3 is 9.73 Å². The third kappa shape index (κ3) is 4.63. The van der Waals surface area contributed by atoms with Gasteiger partial charge in [-0.05, 0) is 42.2 Å². The molecule has 0 bridgehead atoms. The van der Waals surface area contributed by atoms with Crippen LogP contribution in [0.2, 0.25) is 0 Å². The molecule has 2 aromatic heterocycles. The number of rotatable bonds is 7. The highest BCUT2D eigenvalue weighted by Gasteiger charge is 2.36. The number of nitrogens with one attached hydrogen (secondary N) is 1. The molecule has 1 fully saturated rings. The number of aromatic nitrogens is 1. The number of benzene rings is 1. The molecule has 0 aliphatic heterocycles. The molecule has 2 atom stereocenters. The minimum atomic E-state index is -0.244. The van der Waals surface area contributed by atoms with Crippen molar-refractivity contribution in [1.29, 1.82) is 0 Å². The average molecular weight is 384 g/mol. The number of thiazole rings is 1. The second kappa shape index (κ2) is 7.64. The molecule has 4 rings (SSSR count). The van der Waals surface area contributed by atoms with Crippen LogP contribution in [0.5, 0.6) is 0 Å². The van der Waals surface area contributed by atoms with Gasteiger partial charge in [0.05, 0.1) is 0 Å². The normalized spacial score (nSPS) is 18.4. The average Bonchev–Trinajstić information content (AvgIpc) is 3.04. The van der Waals surface area contributed by atoms with E-state index in [0.29, 0.717) is 36.2 Å². The number of amides is 1. The maximum atomic E-state index is 13.0. The highest BCUT2D eigenvalue weighted by Crippen LogP contribution is 2.47.